The number of carbonyl (C=O) groups is 1. The number of hydrogen-bond acceptors (Lipinski definition) is 6. The van der Waals surface area contributed by atoms with Gasteiger partial charge < -0.3 is 4.42 Å². The number of sulfonamides is 1. The molecule has 2 heterocycles. The average molecular weight is 546 g/mol. The highest BCUT2D eigenvalue weighted by Gasteiger charge is 2.26. The third kappa shape index (κ3) is 5.49. The van der Waals surface area contributed by atoms with Crippen LogP contribution in [0.2, 0.25) is 5.02 Å². The fraction of sp³-hybridized carbons (Fsp3) is 0.308. The smallest absolute Gasteiger partial charge is 0.260 e. The highest BCUT2D eigenvalue weighted by Crippen LogP contribution is 2.34. The van der Waals surface area contributed by atoms with Gasteiger partial charge in [0, 0.05) is 23.7 Å². The highest BCUT2D eigenvalue weighted by atomic mass is 35.5. The minimum atomic E-state index is -3.63. The lowest BCUT2D eigenvalue weighted by Crippen LogP contribution is -2.32. The monoisotopic (exact) mass is 545 g/mol. The average Bonchev–Trinajstić information content (AvgIpc) is 3.52. The maximum absolute atomic E-state index is 13.7. The third-order valence-corrected chi connectivity index (χ3v) is 9.09. The van der Waals surface area contributed by atoms with Gasteiger partial charge in [0.1, 0.15) is 5.76 Å². The number of fused-ring (bicyclic) bond motifs is 1. The zero-order chi connectivity index (χ0) is 25.9. The molecular formula is C26H28ClN3O4S2. The SMILES string of the molecule is CCCCN(CC)S(=O)(=O)c1ccc(C(=O)N(Cc2ccco2)c2nc3c(C)cc(Cl)cc3s2)cc1. The molecule has 0 aliphatic heterocycles. The van der Waals surface area contributed by atoms with Crippen molar-refractivity contribution in [2.24, 2.45) is 0 Å². The molecule has 0 bridgehead atoms. The summed E-state index contributed by atoms with van der Waals surface area (Å²) in [6, 6.07) is 13.3. The van der Waals surface area contributed by atoms with Crippen LogP contribution in [-0.2, 0) is 16.6 Å². The van der Waals surface area contributed by atoms with Gasteiger partial charge in [0.15, 0.2) is 5.13 Å². The van der Waals surface area contributed by atoms with Crippen LogP contribution < -0.4 is 4.90 Å². The van der Waals surface area contributed by atoms with Crippen molar-refractivity contribution in [3.8, 4) is 0 Å². The van der Waals surface area contributed by atoms with Crippen LogP contribution in [-0.4, -0.2) is 36.7 Å². The minimum Gasteiger partial charge on any atom is -0.467 e. The molecule has 190 valence electrons. The Kier molecular flexibility index (Phi) is 8.14. The van der Waals surface area contributed by atoms with Crippen LogP contribution in [0.4, 0.5) is 5.13 Å². The van der Waals surface area contributed by atoms with E-state index in [0.717, 1.165) is 28.6 Å². The Hall–Kier alpha value is -2.72. The van der Waals surface area contributed by atoms with E-state index in [4.69, 9.17) is 21.0 Å². The number of halogens is 1. The number of unbranched alkanes of at least 4 members (excludes halogenated alkanes) is 1. The summed E-state index contributed by atoms with van der Waals surface area (Å²) < 4.78 is 34.0. The molecule has 2 aromatic heterocycles. The first-order chi connectivity index (χ1) is 17.2. The number of hydrogen-bond donors (Lipinski definition) is 0. The number of aryl methyl sites for hydroxylation is 1. The summed E-state index contributed by atoms with van der Waals surface area (Å²) in [5, 5.41) is 1.11. The molecule has 0 aliphatic rings. The summed E-state index contributed by atoms with van der Waals surface area (Å²) in [5.74, 6) is 0.294. The molecule has 10 heteroatoms. The van der Waals surface area contributed by atoms with Gasteiger partial charge in [-0.15, -0.1) is 0 Å². The summed E-state index contributed by atoms with van der Waals surface area (Å²) >= 11 is 7.60. The number of nitrogens with zero attached hydrogens (tertiary/aromatic N) is 3. The number of rotatable bonds is 10. The lowest BCUT2D eigenvalue weighted by Gasteiger charge is -2.21. The van der Waals surface area contributed by atoms with Gasteiger partial charge >= 0.3 is 0 Å². The number of thiazole rings is 1. The molecule has 0 fully saturated rings. The molecular weight excluding hydrogens is 518 g/mol. The minimum absolute atomic E-state index is 0.167. The van der Waals surface area contributed by atoms with Crippen LogP contribution in [0.15, 0.2) is 64.1 Å². The summed E-state index contributed by atoms with van der Waals surface area (Å²) in [7, 11) is -3.63. The Morgan fingerprint density at radius 1 is 1.14 bits per heavy atom. The van der Waals surface area contributed by atoms with E-state index >= 15 is 0 Å². The second-order valence-electron chi connectivity index (χ2n) is 8.41. The van der Waals surface area contributed by atoms with E-state index in [9.17, 15) is 13.2 Å². The molecule has 0 unspecified atom stereocenters. The molecule has 2 aromatic carbocycles. The van der Waals surface area contributed by atoms with Crippen molar-refractivity contribution in [1.82, 2.24) is 9.29 Å². The van der Waals surface area contributed by atoms with Crippen molar-refractivity contribution in [2.45, 2.75) is 45.1 Å². The number of benzene rings is 2. The van der Waals surface area contributed by atoms with Crippen molar-refractivity contribution in [3.63, 3.8) is 0 Å². The van der Waals surface area contributed by atoms with E-state index in [1.807, 2.05) is 32.9 Å². The quantitative estimate of drug-likeness (QED) is 0.227. The van der Waals surface area contributed by atoms with Crippen molar-refractivity contribution in [1.29, 1.82) is 0 Å². The Balaban J connectivity index is 1.67. The second kappa shape index (κ2) is 11.1. The van der Waals surface area contributed by atoms with Crippen LogP contribution in [0, 0.1) is 6.92 Å². The molecule has 0 radical (unpaired) electrons. The van der Waals surface area contributed by atoms with Gasteiger partial charge in [-0.1, -0.05) is 43.2 Å². The number of anilines is 1. The Morgan fingerprint density at radius 3 is 2.53 bits per heavy atom. The van der Waals surface area contributed by atoms with Crippen LogP contribution in [0.1, 0.15) is 48.4 Å². The molecule has 7 nitrogen and oxygen atoms in total. The lowest BCUT2D eigenvalue weighted by atomic mass is 10.2. The normalized spacial score (nSPS) is 11.9. The number of furan rings is 1. The maximum atomic E-state index is 13.7. The number of carbonyl (C=O) groups excluding carboxylic acids is 1. The molecule has 0 atom stereocenters. The molecule has 4 aromatic rings. The topological polar surface area (TPSA) is 83.7 Å². The van der Waals surface area contributed by atoms with Gasteiger partial charge in [-0.3, -0.25) is 9.69 Å². The maximum Gasteiger partial charge on any atom is 0.260 e. The predicted molar refractivity (Wildman–Crippen MR) is 144 cm³/mol. The van der Waals surface area contributed by atoms with Gasteiger partial charge in [-0.25, -0.2) is 13.4 Å². The molecule has 1 amide bonds. The standard InChI is InChI=1S/C26H28ClN3O4S2/c1-4-6-13-29(5-2)36(32,33)22-11-9-19(10-12-22)25(31)30(17-21-8-7-14-34-21)26-28-24-18(3)15-20(27)16-23(24)35-26/h7-12,14-16H,4-6,13,17H2,1-3H3. The lowest BCUT2D eigenvalue weighted by molar-refractivity contribution is 0.0983. The molecule has 0 saturated carbocycles. The predicted octanol–water partition coefficient (Wildman–Crippen LogP) is 6.51. The summed E-state index contributed by atoms with van der Waals surface area (Å²) in [6.07, 6.45) is 3.25. The van der Waals surface area contributed by atoms with Gasteiger partial charge in [-0.2, -0.15) is 4.31 Å². The van der Waals surface area contributed by atoms with E-state index in [0.29, 0.717) is 34.6 Å². The fourth-order valence-corrected chi connectivity index (χ4v) is 6.81. The van der Waals surface area contributed by atoms with E-state index in [1.165, 1.54) is 27.8 Å². The molecule has 0 spiro atoms. The van der Waals surface area contributed by atoms with Crippen LogP contribution in [0.3, 0.4) is 0 Å². The van der Waals surface area contributed by atoms with Crippen LogP contribution in [0.5, 0.6) is 0 Å². The first kappa shape index (κ1) is 26.3. The summed E-state index contributed by atoms with van der Waals surface area (Å²) in [6.45, 7) is 6.81. The summed E-state index contributed by atoms with van der Waals surface area (Å²) in [4.78, 5) is 20.1. The van der Waals surface area contributed by atoms with E-state index in [2.05, 4.69) is 0 Å². The van der Waals surface area contributed by atoms with Gasteiger partial charge in [-0.05, 0) is 67.4 Å². The zero-order valence-corrected chi connectivity index (χ0v) is 22.8. The van der Waals surface area contributed by atoms with Crippen molar-refractivity contribution >= 4 is 54.2 Å². The van der Waals surface area contributed by atoms with E-state index < -0.39 is 10.0 Å². The fourth-order valence-electron chi connectivity index (χ4n) is 3.90. The number of amides is 1. The van der Waals surface area contributed by atoms with Crippen molar-refractivity contribution in [3.05, 3.63) is 76.7 Å². The Bertz CT molecular complexity index is 1450. The molecule has 4 rings (SSSR count). The van der Waals surface area contributed by atoms with Crippen molar-refractivity contribution in [2.75, 3.05) is 18.0 Å². The molecule has 0 N–H and O–H groups in total. The largest absolute Gasteiger partial charge is 0.467 e. The Morgan fingerprint density at radius 2 is 1.89 bits per heavy atom. The first-order valence-corrected chi connectivity index (χ1v) is 14.4. The highest BCUT2D eigenvalue weighted by molar-refractivity contribution is 7.89. The molecule has 0 aliphatic carbocycles. The summed E-state index contributed by atoms with van der Waals surface area (Å²) in [5.41, 5.74) is 2.06. The zero-order valence-electron chi connectivity index (χ0n) is 20.4. The molecule has 0 saturated heterocycles. The van der Waals surface area contributed by atoms with Crippen molar-refractivity contribution < 1.29 is 17.6 Å². The third-order valence-electron chi connectivity index (χ3n) is 5.86. The van der Waals surface area contributed by atoms with Gasteiger partial charge in [0.25, 0.3) is 5.91 Å². The number of aromatic nitrogens is 1. The van der Waals surface area contributed by atoms with Gasteiger partial charge in [0.2, 0.25) is 10.0 Å². The van der Waals surface area contributed by atoms with Crippen LogP contribution in [0.25, 0.3) is 10.2 Å². The van der Waals surface area contributed by atoms with Crippen LogP contribution >= 0.6 is 22.9 Å². The first-order valence-electron chi connectivity index (χ1n) is 11.8. The Labute approximate surface area is 220 Å². The van der Waals surface area contributed by atoms with Gasteiger partial charge in [0.05, 0.1) is 27.9 Å². The molecule has 36 heavy (non-hydrogen) atoms. The second-order valence-corrected chi connectivity index (χ2v) is 11.8. The van der Waals surface area contributed by atoms with E-state index in [1.54, 1.807) is 35.4 Å². The van der Waals surface area contributed by atoms with E-state index in [-0.39, 0.29) is 17.3 Å².